The fourth-order valence-electron chi connectivity index (χ4n) is 0.913. The van der Waals surface area contributed by atoms with Crippen molar-refractivity contribution in [3.8, 4) is 5.75 Å². The first kappa shape index (κ1) is 12.5. The monoisotopic (exact) mass is 236 g/mol. The molecule has 0 spiro atoms. The van der Waals surface area contributed by atoms with Gasteiger partial charge in [-0.15, -0.1) is 0 Å². The highest BCUT2D eigenvalue weighted by molar-refractivity contribution is 5.79. The van der Waals surface area contributed by atoms with Gasteiger partial charge in [-0.1, -0.05) is 6.92 Å². The van der Waals surface area contributed by atoms with Gasteiger partial charge in [0.15, 0.2) is 0 Å². The fraction of sp³-hybridized carbons (Fsp3) is 0.300. The normalized spacial score (nSPS) is 11.3. The van der Waals surface area contributed by atoms with Crippen LogP contribution in [0.15, 0.2) is 18.2 Å². The fourth-order valence-corrected chi connectivity index (χ4v) is 0.913. The number of carbonyl (C=O) groups is 1. The van der Waals surface area contributed by atoms with E-state index in [9.17, 15) is 22.4 Å². The van der Waals surface area contributed by atoms with Crippen LogP contribution in [0, 0.1) is 11.6 Å². The molecule has 0 heterocycles. The van der Waals surface area contributed by atoms with Crippen molar-refractivity contribution < 1.29 is 27.1 Å². The van der Waals surface area contributed by atoms with Crippen LogP contribution >= 0.6 is 0 Å². The van der Waals surface area contributed by atoms with E-state index in [0.29, 0.717) is 18.2 Å². The highest BCUT2D eigenvalue weighted by Crippen LogP contribution is 2.23. The second-order valence-electron chi connectivity index (χ2n) is 3.05. The van der Waals surface area contributed by atoms with Gasteiger partial charge in [-0.2, -0.15) is 8.78 Å². The predicted octanol–water partition coefficient (Wildman–Crippen LogP) is 2.92. The Labute approximate surface area is 88.8 Å². The number of esters is 1. The minimum atomic E-state index is -3.66. The minimum absolute atomic E-state index is 0.537. The molecule has 0 saturated heterocycles. The largest absolute Gasteiger partial charge is 0.422 e. The number of ether oxygens (including phenoxy) is 1. The Morgan fingerprint density at radius 1 is 1.25 bits per heavy atom. The first-order chi connectivity index (χ1) is 7.35. The second-order valence-corrected chi connectivity index (χ2v) is 3.05. The topological polar surface area (TPSA) is 26.3 Å². The zero-order chi connectivity index (χ0) is 12.3. The summed E-state index contributed by atoms with van der Waals surface area (Å²) in [7, 11) is 0. The van der Waals surface area contributed by atoms with E-state index in [2.05, 4.69) is 4.74 Å². The summed E-state index contributed by atoms with van der Waals surface area (Å²) in [6.07, 6.45) is -0.746. The lowest BCUT2D eigenvalue weighted by molar-refractivity contribution is -0.161. The molecule has 0 aliphatic heterocycles. The van der Waals surface area contributed by atoms with E-state index in [1.807, 2.05) is 0 Å². The van der Waals surface area contributed by atoms with E-state index < -0.39 is 35.7 Å². The van der Waals surface area contributed by atoms with Crippen molar-refractivity contribution in [3.63, 3.8) is 0 Å². The zero-order valence-corrected chi connectivity index (χ0v) is 8.27. The van der Waals surface area contributed by atoms with Crippen molar-refractivity contribution in [3.05, 3.63) is 29.8 Å². The molecule has 1 rings (SSSR count). The molecular formula is C10H8F4O2. The maximum Gasteiger partial charge on any atom is 0.382 e. The maximum atomic E-state index is 12.8. The first-order valence-corrected chi connectivity index (χ1v) is 4.41. The summed E-state index contributed by atoms with van der Waals surface area (Å²) in [5.74, 6) is -8.11. The summed E-state index contributed by atoms with van der Waals surface area (Å²) < 4.78 is 55.0. The van der Waals surface area contributed by atoms with Gasteiger partial charge in [0, 0.05) is 24.6 Å². The van der Waals surface area contributed by atoms with Gasteiger partial charge in [-0.3, -0.25) is 0 Å². The summed E-state index contributed by atoms with van der Waals surface area (Å²) in [5.41, 5.74) is 0. The summed E-state index contributed by atoms with van der Waals surface area (Å²) in [5, 5.41) is 0. The van der Waals surface area contributed by atoms with Crippen molar-refractivity contribution in [2.24, 2.45) is 0 Å². The molecule has 0 aromatic heterocycles. The zero-order valence-electron chi connectivity index (χ0n) is 8.27. The lowest BCUT2D eigenvalue weighted by Crippen LogP contribution is -2.32. The van der Waals surface area contributed by atoms with Gasteiger partial charge in [0.2, 0.25) is 0 Å². The van der Waals surface area contributed by atoms with Crippen LogP contribution in [0.1, 0.15) is 13.3 Å². The molecule has 0 aliphatic carbocycles. The van der Waals surface area contributed by atoms with E-state index in [4.69, 9.17) is 0 Å². The molecule has 88 valence electrons. The molecule has 2 nitrogen and oxygen atoms in total. The van der Waals surface area contributed by atoms with Crippen LogP contribution in [0.5, 0.6) is 5.75 Å². The molecule has 0 bridgehead atoms. The third-order valence-electron chi connectivity index (χ3n) is 1.79. The SMILES string of the molecule is CCC(F)(F)C(=O)Oc1cc(F)cc(F)c1. The Kier molecular flexibility index (Phi) is 3.51. The number of benzene rings is 1. The van der Waals surface area contributed by atoms with Gasteiger partial charge in [0.1, 0.15) is 17.4 Å². The Hall–Kier alpha value is -1.59. The van der Waals surface area contributed by atoms with E-state index in [0.717, 1.165) is 6.92 Å². The van der Waals surface area contributed by atoms with Crippen molar-refractivity contribution in [2.75, 3.05) is 0 Å². The smallest absolute Gasteiger partial charge is 0.382 e. The minimum Gasteiger partial charge on any atom is -0.422 e. The van der Waals surface area contributed by atoms with E-state index >= 15 is 0 Å². The lowest BCUT2D eigenvalue weighted by Gasteiger charge is -2.12. The van der Waals surface area contributed by atoms with Crippen LogP contribution in [0.3, 0.4) is 0 Å². The Balaban J connectivity index is 2.85. The number of hydrogen-bond donors (Lipinski definition) is 0. The standard InChI is InChI=1S/C10H8F4O2/c1-2-10(13,14)9(15)16-8-4-6(11)3-7(12)5-8/h3-5H,2H2,1H3. The van der Waals surface area contributed by atoms with Crippen LogP contribution in [-0.4, -0.2) is 11.9 Å². The molecule has 0 amide bonds. The third kappa shape index (κ3) is 2.95. The molecule has 0 fully saturated rings. The summed E-state index contributed by atoms with van der Waals surface area (Å²) in [6, 6.07) is 1.83. The highest BCUT2D eigenvalue weighted by Gasteiger charge is 2.38. The lowest BCUT2D eigenvalue weighted by atomic mass is 10.2. The Bertz CT molecular complexity index is 384. The van der Waals surface area contributed by atoms with E-state index in [1.54, 1.807) is 0 Å². The van der Waals surface area contributed by atoms with Crippen LogP contribution in [-0.2, 0) is 4.79 Å². The summed E-state index contributed by atoms with van der Waals surface area (Å²) in [4.78, 5) is 10.9. The van der Waals surface area contributed by atoms with Gasteiger partial charge < -0.3 is 4.74 Å². The second kappa shape index (κ2) is 4.51. The molecule has 1 aromatic carbocycles. The van der Waals surface area contributed by atoms with Crippen LogP contribution in [0.25, 0.3) is 0 Å². The average Bonchev–Trinajstić information content (AvgIpc) is 2.15. The van der Waals surface area contributed by atoms with Gasteiger partial charge in [0.25, 0.3) is 0 Å². The molecule has 1 aromatic rings. The predicted molar refractivity (Wildman–Crippen MR) is 47.2 cm³/mol. The third-order valence-corrected chi connectivity index (χ3v) is 1.79. The average molecular weight is 236 g/mol. The number of halogens is 4. The Morgan fingerprint density at radius 3 is 2.19 bits per heavy atom. The van der Waals surface area contributed by atoms with Crippen LogP contribution in [0.2, 0.25) is 0 Å². The van der Waals surface area contributed by atoms with Crippen molar-refractivity contribution in [1.29, 1.82) is 0 Å². The molecule has 0 N–H and O–H groups in total. The van der Waals surface area contributed by atoms with Crippen LogP contribution in [0.4, 0.5) is 17.6 Å². The number of alkyl halides is 2. The maximum absolute atomic E-state index is 12.8. The number of carbonyl (C=O) groups excluding carboxylic acids is 1. The quantitative estimate of drug-likeness (QED) is 0.458. The molecule has 0 saturated carbocycles. The molecule has 0 radical (unpaired) electrons. The summed E-state index contributed by atoms with van der Waals surface area (Å²) in [6.45, 7) is 1.09. The molecule has 6 heteroatoms. The van der Waals surface area contributed by atoms with Crippen molar-refractivity contribution in [1.82, 2.24) is 0 Å². The van der Waals surface area contributed by atoms with Crippen molar-refractivity contribution >= 4 is 5.97 Å². The highest BCUT2D eigenvalue weighted by atomic mass is 19.3. The van der Waals surface area contributed by atoms with E-state index in [-0.39, 0.29) is 0 Å². The number of rotatable bonds is 3. The van der Waals surface area contributed by atoms with Gasteiger partial charge >= 0.3 is 11.9 Å². The molecule has 0 aliphatic rings. The van der Waals surface area contributed by atoms with Gasteiger partial charge in [-0.05, 0) is 0 Å². The Morgan fingerprint density at radius 2 is 1.75 bits per heavy atom. The molecule has 0 unspecified atom stereocenters. The van der Waals surface area contributed by atoms with Gasteiger partial charge in [0.05, 0.1) is 0 Å². The summed E-state index contributed by atoms with van der Waals surface area (Å²) >= 11 is 0. The van der Waals surface area contributed by atoms with Gasteiger partial charge in [-0.25, -0.2) is 13.6 Å². The molecule has 0 atom stereocenters. The van der Waals surface area contributed by atoms with E-state index in [1.165, 1.54) is 0 Å². The molecule has 16 heavy (non-hydrogen) atoms. The number of hydrogen-bond acceptors (Lipinski definition) is 2. The molecular weight excluding hydrogens is 228 g/mol. The van der Waals surface area contributed by atoms with Crippen LogP contribution < -0.4 is 4.74 Å². The van der Waals surface area contributed by atoms with Crippen molar-refractivity contribution in [2.45, 2.75) is 19.3 Å². The first-order valence-electron chi connectivity index (χ1n) is 4.41.